The molecule has 1 saturated heterocycles. The summed E-state index contributed by atoms with van der Waals surface area (Å²) < 4.78 is 0. The van der Waals surface area contributed by atoms with Gasteiger partial charge in [0.05, 0.1) is 18.4 Å². The predicted octanol–water partition coefficient (Wildman–Crippen LogP) is 4.24. The Labute approximate surface area is 236 Å². The number of pyridine rings is 1. The van der Waals surface area contributed by atoms with Gasteiger partial charge < -0.3 is 26.0 Å². The van der Waals surface area contributed by atoms with Crippen LogP contribution in [0.3, 0.4) is 0 Å². The molecule has 0 saturated carbocycles. The Morgan fingerprint density at radius 2 is 1.78 bits per heavy atom. The summed E-state index contributed by atoms with van der Waals surface area (Å²) in [7, 11) is 0. The first-order valence-corrected chi connectivity index (χ1v) is 13.2. The van der Waals surface area contributed by atoms with Crippen LogP contribution in [0.1, 0.15) is 30.0 Å². The number of aromatic nitrogens is 1. The van der Waals surface area contributed by atoms with Gasteiger partial charge in [-0.1, -0.05) is 48.5 Å². The van der Waals surface area contributed by atoms with Crippen LogP contribution >= 0.6 is 0 Å². The third-order valence-corrected chi connectivity index (χ3v) is 6.97. The molecule has 4 N–H and O–H groups in total. The number of rotatable bonds is 9. The highest BCUT2D eigenvalue weighted by molar-refractivity contribution is 6.02. The maximum Gasteiger partial charge on any atom is 0.319 e. The van der Waals surface area contributed by atoms with E-state index < -0.39 is 17.9 Å². The van der Waals surface area contributed by atoms with Crippen LogP contribution in [0.2, 0.25) is 0 Å². The van der Waals surface area contributed by atoms with E-state index in [0.29, 0.717) is 23.5 Å². The number of carboxylic acids is 1. The summed E-state index contributed by atoms with van der Waals surface area (Å²) in [6, 6.07) is 23.0. The third-order valence-electron chi connectivity index (χ3n) is 6.97. The number of urea groups is 1. The quantitative estimate of drug-likeness (QED) is 0.245. The van der Waals surface area contributed by atoms with Crippen LogP contribution in [0.25, 0.3) is 10.8 Å². The summed E-state index contributed by atoms with van der Waals surface area (Å²) in [5, 5.41) is 19.5. The highest BCUT2D eigenvalue weighted by atomic mass is 16.4. The summed E-state index contributed by atoms with van der Waals surface area (Å²) in [4.78, 5) is 55.4. The molecule has 4 aromatic rings. The zero-order valence-electron chi connectivity index (χ0n) is 22.1. The second-order valence-electron chi connectivity index (χ2n) is 9.89. The Morgan fingerprint density at radius 3 is 2.54 bits per heavy atom. The molecular weight excluding hydrogens is 522 g/mol. The summed E-state index contributed by atoms with van der Waals surface area (Å²) in [6.07, 6.45) is 2.80. The second kappa shape index (κ2) is 12.3. The smallest absolute Gasteiger partial charge is 0.319 e. The van der Waals surface area contributed by atoms with E-state index in [9.17, 15) is 24.3 Å². The Balaban J connectivity index is 1.25. The number of carboxylic acid groups (broad SMARTS) is 1. The fourth-order valence-corrected chi connectivity index (χ4v) is 4.86. The van der Waals surface area contributed by atoms with Crippen molar-refractivity contribution in [3.05, 3.63) is 102 Å². The van der Waals surface area contributed by atoms with Gasteiger partial charge in [0, 0.05) is 43.3 Å². The molecule has 5 rings (SSSR count). The normalized spacial score (nSPS) is 15.4. The SMILES string of the molecule is O=C(O)CC(NC(=O)C1CC(=O)N(c2ccc3ccc(NC(=O)NCc4ccccc4)cc3c2)C1)c1cccnc1. The molecule has 1 aromatic heterocycles. The molecule has 0 radical (unpaired) electrons. The molecule has 10 nitrogen and oxygen atoms in total. The molecule has 0 aliphatic carbocycles. The highest BCUT2D eigenvalue weighted by Gasteiger charge is 2.36. The first kappa shape index (κ1) is 27.3. The zero-order chi connectivity index (χ0) is 28.8. The molecule has 208 valence electrons. The number of aliphatic carboxylic acids is 1. The minimum Gasteiger partial charge on any atom is -0.481 e. The molecular formula is C31H29N5O5. The first-order valence-electron chi connectivity index (χ1n) is 13.2. The van der Waals surface area contributed by atoms with Crippen LogP contribution in [0.4, 0.5) is 16.2 Å². The number of benzene rings is 3. The molecule has 0 spiro atoms. The average molecular weight is 552 g/mol. The number of nitrogens with one attached hydrogen (secondary N) is 3. The number of amides is 4. The zero-order valence-corrected chi connectivity index (χ0v) is 22.1. The van der Waals surface area contributed by atoms with E-state index in [1.807, 2.05) is 60.7 Å². The minimum absolute atomic E-state index is 0.0138. The van der Waals surface area contributed by atoms with E-state index in [1.54, 1.807) is 29.3 Å². The van der Waals surface area contributed by atoms with Crippen LogP contribution in [-0.2, 0) is 20.9 Å². The molecule has 10 heteroatoms. The fraction of sp³-hybridized carbons (Fsp3) is 0.194. The number of carbonyl (C=O) groups excluding carboxylic acids is 3. The third kappa shape index (κ3) is 6.85. The van der Waals surface area contributed by atoms with Gasteiger partial charge in [-0.25, -0.2) is 4.79 Å². The van der Waals surface area contributed by atoms with Crippen molar-refractivity contribution in [3.63, 3.8) is 0 Å². The van der Waals surface area contributed by atoms with Crippen molar-refractivity contribution in [2.24, 2.45) is 5.92 Å². The molecule has 1 aliphatic rings. The number of hydrogen-bond donors (Lipinski definition) is 4. The van der Waals surface area contributed by atoms with Crippen molar-refractivity contribution in [2.45, 2.75) is 25.4 Å². The van der Waals surface area contributed by atoms with Gasteiger partial charge in [-0.2, -0.15) is 0 Å². The minimum atomic E-state index is -1.05. The van der Waals surface area contributed by atoms with E-state index in [1.165, 1.54) is 6.20 Å². The van der Waals surface area contributed by atoms with Gasteiger partial charge >= 0.3 is 12.0 Å². The number of hydrogen-bond acceptors (Lipinski definition) is 5. The lowest BCUT2D eigenvalue weighted by molar-refractivity contribution is -0.138. The number of carbonyl (C=O) groups is 4. The van der Waals surface area contributed by atoms with Gasteiger partial charge in [0.1, 0.15) is 0 Å². The summed E-state index contributed by atoms with van der Waals surface area (Å²) in [5.41, 5.74) is 2.81. The van der Waals surface area contributed by atoms with E-state index in [4.69, 9.17) is 0 Å². The van der Waals surface area contributed by atoms with Crippen LogP contribution in [0.5, 0.6) is 0 Å². The van der Waals surface area contributed by atoms with Gasteiger partial charge in [-0.3, -0.25) is 19.4 Å². The number of nitrogens with zero attached hydrogens (tertiary/aromatic N) is 2. The van der Waals surface area contributed by atoms with Gasteiger partial charge in [0.2, 0.25) is 11.8 Å². The van der Waals surface area contributed by atoms with Crippen molar-refractivity contribution >= 4 is 46.0 Å². The molecule has 1 aliphatic heterocycles. The second-order valence-corrected chi connectivity index (χ2v) is 9.89. The lowest BCUT2D eigenvalue weighted by Gasteiger charge is -2.20. The van der Waals surface area contributed by atoms with Crippen LogP contribution in [0, 0.1) is 5.92 Å². The lowest BCUT2D eigenvalue weighted by Crippen LogP contribution is -2.36. The largest absolute Gasteiger partial charge is 0.481 e. The van der Waals surface area contributed by atoms with Gasteiger partial charge in [0.15, 0.2) is 0 Å². The topological polar surface area (TPSA) is 141 Å². The van der Waals surface area contributed by atoms with Crippen molar-refractivity contribution in [3.8, 4) is 0 Å². The molecule has 3 aromatic carbocycles. The van der Waals surface area contributed by atoms with Crippen LogP contribution in [-0.4, -0.2) is 40.5 Å². The Hall–Kier alpha value is -5.25. The molecule has 0 bridgehead atoms. The monoisotopic (exact) mass is 551 g/mol. The van der Waals surface area contributed by atoms with Gasteiger partial charge in [-0.15, -0.1) is 0 Å². The predicted molar refractivity (Wildman–Crippen MR) is 154 cm³/mol. The maximum absolute atomic E-state index is 13.1. The van der Waals surface area contributed by atoms with E-state index in [0.717, 1.165) is 16.3 Å². The number of anilines is 2. The lowest BCUT2D eigenvalue weighted by atomic mass is 10.0. The van der Waals surface area contributed by atoms with Crippen molar-refractivity contribution in [2.75, 3.05) is 16.8 Å². The maximum atomic E-state index is 13.1. The molecule has 2 heterocycles. The fourth-order valence-electron chi connectivity index (χ4n) is 4.86. The van der Waals surface area contributed by atoms with Gasteiger partial charge in [-0.05, 0) is 52.2 Å². The Morgan fingerprint density at radius 1 is 0.976 bits per heavy atom. The molecule has 2 atom stereocenters. The Kier molecular flexibility index (Phi) is 8.19. The summed E-state index contributed by atoms with van der Waals surface area (Å²) >= 11 is 0. The highest BCUT2D eigenvalue weighted by Crippen LogP contribution is 2.30. The van der Waals surface area contributed by atoms with Gasteiger partial charge in [0.25, 0.3) is 0 Å². The molecule has 41 heavy (non-hydrogen) atoms. The van der Waals surface area contributed by atoms with Crippen LogP contribution in [0.15, 0.2) is 91.3 Å². The average Bonchev–Trinajstić information content (AvgIpc) is 3.38. The van der Waals surface area contributed by atoms with Crippen molar-refractivity contribution in [1.29, 1.82) is 0 Å². The molecule has 1 fully saturated rings. The first-order chi connectivity index (χ1) is 19.9. The Bertz CT molecular complexity index is 1580. The van der Waals surface area contributed by atoms with Crippen molar-refractivity contribution in [1.82, 2.24) is 15.6 Å². The number of fused-ring (bicyclic) bond motifs is 1. The molecule has 2 unspecified atom stereocenters. The van der Waals surface area contributed by atoms with E-state index in [2.05, 4.69) is 20.9 Å². The van der Waals surface area contributed by atoms with Crippen molar-refractivity contribution < 1.29 is 24.3 Å². The van der Waals surface area contributed by atoms with Crippen LogP contribution < -0.4 is 20.9 Å². The van der Waals surface area contributed by atoms with E-state index in [-0.39, 0.29) is 37.2 Å². The summed E-state index contributed by atoms with van der Waals surface area (Å²) in [6.45, 7) is 0.568. The summed E-state index contributed by atoms with van der Waals surface area (Å²) in [5.74, 6) is -2.27. The van der Waals surface area contributed by atoms with E-state index >= 15 is 0 Å². The standard InChI is InChI=1S/C31H29N5O5/c37-28-15-24(30(40)35-27(16-29(38)39)22-7-4-12-32-18-22)19-36(28)26-11-9-21-8-10-25(13-23(21)14-26)34-31(41)33-17-20-5-2-1-3-6-20/h1-14,18,24,27H,15-17,19H2,(H,35,40)(H,38,39)(H2,33,34,41). The molecule has 4 amide bonds.